The molecule has 1 N–H and O–H groups in total. The van der Waals surface area contributed by atoms with Crippen LogP contribution >= 0.6 is 0 Å². The van der Waals surface area contributed by atoms with Gasteiger partial charge in [0.1, 0.15) is 5.82 Å². The molecule has 0 aliphatic carbocycles. The molecule has 1 aliphatic rings. The molecule has 138 valence electrons. The number of aromatic amines is 1. The van der Waals surface area contributed by atoms with Gasteiger partial charge in [-0.05, 0) is 36.4 Å². The van der Waals surface area contributed by atoms with Crippen molar-refractivity contribution in [2.75, 3.05) is 31.1 Å². The van der Waals surface area contributed by atoms with Crippen LogP contribution in [0.25, 0.3) is 11.3 Å². The summed E-state index contributed by atoms with van der Waals surface area (Å²) >= 11 is 0. The zero-order valence-corrected chi connectivity index (χ0v) is 14.4. The maximum atomic E-state index is 13.1. The molecule has 1 aliphatic heterocycles. The number of anilines is 1. The van der Waals surface area contributed by atoms with Crippen LogP contribution in [0.4, 0.5) is 10.3 Å². The van der Waals surface area contributed by atoms with Crippen LogP contribution in [0.2, 0.25) is 0 Å². The van der Waals surface area contributed by atoms with Crippen LogP contribution < -0.4 is 10.5 Å². The predicted octanol–water partition coefficient (Wildman–Crippen LogP) is 2.13. The molecule has 8 heteroatoms. The zero-order chi connectivity index (χ0) is 18.8. The van der Waals surface area contributed by atoms with Gasteiger partial charge in [-0.1, -0.05) is 0 Å². The van der Waals surface area contributed by atoms with Crippen molar-refractivity contribution in [2.24, 2.45) is 0 Å². The van der Waals surface area contributed by atoms with E-state index in [1.165, 1.54) is 24.5 Å². The molecule has 0 spiro atoms. The number of rotatable bonds is 3. The van der Waals surface area contributed by atoms with Gasteiger partial charge in [0.05, 0.1) is 12.0 Å². The van der Waals surface area contributed by atoms with Crippen molar-refractivity contribution in [1.29, 1.82) is 0 Å². The van der Waals surface area contributed by atoms with Crippen molar-refractivity contribution in [3.8, 4) is 11.3 Å². The van der Waals surface area contributed by atoms with Gasteiger partial charge in [0, 0.05) is 37.8 Å². The van der Waals surface area contributed by atoms with E-state index in [1.54, 1.807) is 29.2 Å². The highest BCUT2D eigenvalue weighted by Crippen LogP contribution is 2.19. The summed E-state index contributed by atoms with van der Waals surface area (Å²) in [7, 11) is 0. The van der Waals surface area contributed by atoms with E-state index in [-0.39, 0.29) is 17.3 Å². The summed E-state index contributed by atoms with van der Waals surface area (Å²) in [5.41, 5.74) is 0.853. The number of H-pyrrole nitrogens is 1. The summed E-state index contributed by atoms with van der Waals surface area (Å²) in [5.74, 6) is 0.252. The van der Waals surface area contributed by atoms with Crippen molar-refractivity contribution < 1.29 is 13.6 Å². The molecule has 7 nitrogen and oxygen atoms in total. The Morgan fingerprint density at radius 2 is 1.85 bits per heavy atom. The Kier molecular flexibility index (Phi) is 4.45. The second kappa shape index (κ2) is 7.06. The largest absolute Gasteiger partial charge is 0.459 e. The Hall–Kier alpha value is -3.42. The first-order valence-electron chi connectivity index (χ1n) is 8.55. The molecule has 0 atom stereocenters. The van der Waals surface area contributed by atoms with E-state index in [9.17, 15) is 14.0 Å². The lowest BCUT2D eigenvalue weighted by Gasteiger charge is -2.34. The van der Waals surface area contributed by atoms with E-state index in [0.717, 1.165) is 0 Å². The Morgan fingerprint density at radius 3 is 2.52 bits per heavy atom. The number of piperazine rings is 1. The molecular formula is C19H17FN4O3. The lowest BCUT2D eigenvalue weighted by atomic mass is 10.1. The third-order valence-corrected chi connectivity index (χ3v) is 4.47. The van der Waals surface area contributed by atoms with Gasteiger partial charge < -0.3 is 14.2 Å². The van der Waals surface area contributed by atoms with E-state index < -0.39 is 0 Å². The predicted molar refractivity (Wildman–Crippen MR) is 97.1 cm³/mol. The second-order valence-corrected chi connectivity index (χ2v) is 6.22. The number of furan rings is 1. The Morgan fingerprint density at radius 1 is 1.11 bits per heavy atom. The van der Waals surface area contributed by atoms with E-state index in [4.69, 9.17) is 4.42 Å². The fourth-order valence-corrected chi connectivity index (χ4v) is 3.04. The minimum absolute atomic E-state index is 0.152. The highest BCUT2D eigenvalue weighted by molar-refractivity contribution is 5.91. The summed E-state index contributed by atoms with van der Waals surface area (Å²) < 4.78 is 18.3. The molecule has 1 saturated heterocycles. The first-order chi connectivity index (χ1) is 13.1. The third-order valence-electron chi connectivity index (χ3n) is 4.47. The monoisotopic (exact) mass is 368 g/mol. The van der Waals surface area contributed by atoms with E-state index in [2.05, 4.69) is 9.97 Å². The van der Waals surface area contributed by atoms with Crippen molar-refractivity contribution in [3.63, 3.8) is 0 Å². The van der Waals surface area contributed by atoms with Gasteiger partial charge in [-0.3, -0.25) is 14.6 Å². The molecule has 0 unspecified atom stereocenters. The van der Waals surface area contributed by atoms with Crippen LogP contribution in [0.1, 0.15) is 10.6 Å². The average molecular weight is 368 g/mol. The molecule has 1 amide bonds. The number of nitrogens with one attached hydrogen (secondary N) is 1. The summed E-state index contributed by atoms with van der Waals surface area (Å²) in [6.45, 7) is 2.04. The van der Waals surface area contributed by atoms with Gasteiger partial charge in [-0.15, -0.1) is 0 Å². The van der Waals surface area contributed by atoms with Gasteiger partial charge in [0.25, 0.3) is 11.5 Å². The standard InChI is InChI=1S/C19H17FN4O3/c20-14-5-3-13(4-6-14)15-12-17(25)22-19(21-15)24-9-7-23(8-10-24)18(26)16-2-1-11-27-16/h1-6,11-12H,7-10H2,(H,21,22,25). The molecule has 1 fully saturated rings. The fraction of sp³-hybridized carbons (Fsp3) is 0.211. The van der Waals surface area contributed by atoms with Crippen LogP contribution in [0, 0.1) is 5.82 Å². The average Bonchev–Trinajstić information content (AvgIpc) is 3.22. The molecule has 0 saturated carbocycles. The molecule has 1 aromatic carbocycles. The third kappa shape index (κ3) is 3.59. The number of carbonyl (C=O) groups is 1. The number of carbonyl (C=O) groups excluding carboxylic acids is 1. The second-order valence-electron chi connectivity index (χ2n) is 6.22. The SMILES string of the molecule is O=C(c1ccco1)N1CCN(c2nc(-c3ccc(F)cc3)cc(=O)[nH]2)CC1. The van der Waals surface area contributed by atoms with Crippen molar-refractivity contribution in [3.05, 3.63) is 70.7 Å². The number of hydrogen-bond donors (Lipinski definition) is 1. The number of benzene rings is 1. The van der Waals surface area contributed by atoms with Gasteiger partial charge >= 0.3 is 0 Å². The molecule has 2 aromatic heterocycles. The minimum Gasteiger partial charge on any atom is -0.459 e. The molecule has 0 radical (unpaired) electrons. The lowest BCUT2D eigenvalue weighted by Crippen LogP contribution is -2.49. The Balaban J connectivity index is 1.50. The Labute approximate surface area is 154 Å². The number of hydrogen-bond acceptors (Lipinski definition) is 5. The van der Waals surface area contributed by atoms with Gasteiger partial charge in [0.15, 0.2) is 5.76 Å². The molecule has 4 rings (SSSR count). The van der Waals surface area contributed by atoms with E-state index in [1.807, 2.05) is 4.90 Å². The maximum absolute atomic E-state index is 13.1. The van der Waals surface area contributed by atoms with Crippen LogP contribution in [-0.2, 0) is 0 Å². The molecule has 3 aromatic rings. The highest BCUT2D eigenvalue weighted by atomic mass is 19.1. The van der Waals surface area contributed by atoms with Gasteiger partial charge in [-0.2, -0.15) is 0 Å². The Bertz CT molecular complexity index is 991. The zero-order valence-electron chi connectivity index (χ0n) is 14.4. The van der Waals surface area contributed by atoms with Crippen LogP contribution in [-0.4, -0.2) is 47.0 Å². The van der Waals surface area contributed by atoms with Gasteiger partial charge in [-0.25, -0.2) is 9.37 Å². The summed E-state index contributed by atoms with van der Waals surface area (Å²) in [6, 6.07) is 10.5. The highest BCUT2D eigenvalue weighted by Gasteiger charge is 2.25. The molecule has 3 heterocycles. The lowest BCUT2D eigenvalue weighted by molar-refractivity contribution is 0.0714. The van der Waals surface area contributed by atoms with Gasteiger partial charge in [0.2, 0.25) is 5.95 Å². The van der Waals surface area contributed by atoms with E-state index >= 15 is 0 Å². The number of nitrogens with zero attached hydrogens (tertiary/aromatic N) is 3. The van der Waals surface area contributed by atoms with Crippen molar-refractivity contribution in [1.82, 2.24) is 14.9 Å². The first kappa shape index (κ1) is 17.0. The maximum Gasteiger partial charge on any atom is 0.289 e. The smallest absolute Gasteiger partial charge is 0.289 e. The summed E-state index contributed by atoms with van der Waals surface area (Å²) in [5, 5.41) is 0. The minimum atomic E-state index is -0.346. The molecular weight excluding hydrogens is 351 g/mol. The van der Waals surface area contributed by atoms with E-state index in [0.29, 0.717) is 49.1 Å². The number of amides is 1. The number of halogens is 1. The first-order valence-corrected chi connectivity index (χ1v) is 8.55. The summed E-state index contributed by atoms with van der Waals surface area (Å²) in [6.07, 6.45) is 1.47. The van der Waals surface area contributed by atoms with Crippen LogP contribution in [0.15, 0.2) is 57.9 Å². The summed E-state index contributed by atoms with van der Waals surface area (Å²) in [4.78, 5) is 35.2. The van der Waals surface area contributed by atoms with Crippen molar-refractivity contribution >= 4 is 11.9 Å². The molecule has 0 bridgehead atoms. The molecule has 27 heavy (non-hydrogen) atoms. The topological polar surface area (TPSA) is 82.4 Å². The van der Waals surface area contributed by atoms with Crippen molar-refractivity contribution in [2.45, 2.75) is 0 Å². The van der Waals surface area contributed by atoms with Crippen LogP contribution in [0.3, 0.4) is 0 Å². The van der Waals surface area contributed by atoms with Crippen LogP contribution in [0.5, 0.6) is 0 Å². The fourth-order valence-electron chi connectivity index (χ4n) is 3.04. The quantitative estimate of drug-likeness (QED) is 0.766. The number of aromatic nitrogens is 2. The normalized spacial score (nSPS) is 14.4.